The number of carbonyl (C=O) groups is 1. The molecule has 0 radical (unpaired) electrons. The number of nitrogens with zero attached hydrogens (tertiary/aromatic N) is 4. The Bertz CT molecular complexity index is 982. The molecule has 1 fully saturated rings. The van der Waals surface area contributed by atoms with Gasteiger partial charge < -0.3 is 9.30 Å². The van der Waals surface area contributed by atoms with Crippen LogP contribution in [0.2, 0.25) is 0 Å². The third-order valence-corrected chi connectivity index (χ3v) is 5.66. The van der Waals surface area contributed by atoms with Gasteiger partial charge in [-0.3, -0.25) is 9.69 Å². The van der Waals surface area contributed by atoms with Gasteiger partial charge in [0.15, 0.2) is 0 Å². The summed E-state index contributed by atoms with van der Waals surface area (Å²) in [5, 5.41) is 0. The minimum absolute atomic E-state index is 0.227. The van der Waals surface area contributed by atoms with Crippen LogP contribution in [0.1, 0.15) is 28.1 Å². The second kappa shape index (κ2) is 7.76. The highest BCUT2D eigenvalue weighted by molar-refractivity contribution is 5.78. The number of aryl methyl sites for hydroxylation is 3. The minimum atomic E-state index is 0.227. The van der Waals surface area contributed by atoms with Crippen LogP contribution in [0, 0.1) is 20.8 Å². The zero-order valence-electron chi connectivity index (χ0n) is 17.0. The Balaban J connectivity index is 1.36. The number of imidazole rings is 1. The van der Waals surface area contributed by atoms with Crippen molar-refractivity contribution in [1.82, 2.24) is 19.2 Å². The van der Waals surface area contributed by atoms with E-state index in [2.05, 4.69) is 72.7 Å². The van der Waals surface area contributed by atoms with Gasteiger partial charge >= 0.3 is 0 Å². The van der Waals surface area contributed by atoms with E-state index in [0.717, 1.165) is 49.6 Å². The molecule has 1 aliphatic heterocycles. The molecule has 5 heteroatoms. The molecule has 3 aromatic rings. The van der Waals surface area contributed by atoms with Gasteiger partial charge in [-0.25, -0.2) is 4.98 Å². The van der Waals surface area contributed by atoms with E-state index in [1.807, 2.05) is 4.90 Å². The van der Waals surface area contributed by atoms with Crippen molar-refractivity contribution in [2.45, 2.75) is 33.7 Å². The maximum Gasteiger partial charge on any atom is 0.227 e. The molecule has 28 heavy (non-hydrogen) atoms. The van der Waals surface area contributed by atoms with Gasteiger partial charge in [-0.2, -0.15) is 0 Å². The van der Waals surface area contributed by atoms with Crippen LogP contribution in [-0.4, -0.2) is 51.3 Å². The molecule has 146 valence electrons. The van der Waals surface area contributed by atoms with Gasteiger partial charge in [0.05, 0.1) is 17.8 Å². The van der Waals surface area contributed by atoms with Crippen LogP contribution in [0.5, 0.6) is 0 Å². The van der Waals surface area contributed by atoms with Crippen LogP contribution in [0.25, 0.3) is 5.65 Å². The van der Waals surface area contributed by atoms with Crippen LogP contribution < -0.4 is 0 Å². The summed E-state index contributed by atoms with van der Waals surface area (Å²) in [6.07, 6.45) is 2.60. The van der Waals surface area contributed by atoms with E-state index >= 15 is 0 Å². The number of aromatic nitrogens is 2. The first-order valence-corrected chi connectivity index (χ1v) is 9.99. The summed E-state index contributed by atoms with van der Waals surface area (Å²) < 4.78 is 2.19. The first kappa shape index (κ1) is 18.7. The Hall–Kier alpha value is -2.66. The summed E-state index contributed by atoms with van der Waals surface area (Å²) in [4.78, 5) is 21.8. The Labute approximate surface area is 166 Å². The van der Waals surface area contributed by atoms with E-state index in [-0.39, 0.29) is 5.91 Å². The number of benzene rings is 1. The van der Waals surface area contributed by atoms with Crippen LogP contribution in [0.15, 0.2) is 42.6 Å². The fourth-order valence-corrected chi connectivity index (χ4v) is 3.86. The van der Waals surface area contributed by atoms with Crippen LogP contribution in [0.4, 0.5) is 0 Å². The Kier molecular flexibility index (Phi) is 5.18. The van der Waals surface area contributed by atoms with Crippen molar-refractivity contribution in [3.05, 3.63) is 70.7 Å². The third kappa shape index (κ3) is 3.94. The zero-order chi connectivity index (χ0) is 19.7. The van der Waals surface area contributed by atoms with Gasteiger partial charge in [0.25, 0.3) is 0 Å². The summed E-state index contributed by atoms with van der Waals surface area (Å²) in [6.45, 7) is 10.5. The monoisotopic (exact) mass is 376 g/mol. The number of hydrogen-bond donors (Lipinski definition) is 0. The Morgan fingerprint density at radius 2 is 1.68 bits per heavy atom. The van der Waals surface area contributed by atoms with E-state index in [4.69, 9.17) is 4.98 Å². The van der Waals surface area contributed by atoms with Gasteiger partial charge in [-0.15, -0.1) is 0 Å². The second-order valence-corrected chi connectivity index (χ2v) is 7.90. The van der Waals surface area contributed by atoms with Crippen LogP contribution >= 0.6 is 0 Å². The highest BCUT2D eigenvalue weighted by Crippen LogP contribution is 2.17. The molecule has 0 aliphatic carbocycles. The lowest BCUT2D eigenvalue weighted by atomic mass is 10.1. The van der Waals surface area contributed by atoms with Crippen molar-refractivity contribution in [3.63, 3.8) is 0 Å². The highest BCUT2D eigenvalue weighted by Gasteiger charge is 2.22. The molecule has 5 nitrogen and oxygen atoms in total. The number of carbonyl (C=O) groups excluding carboxylic acids is 1. The average Bonchev–Trinajstić information content (AvgIpc) is 2.98. The second-order valence-electron chi connectivity index (χ2n) is 7.90. The van der Waals surface area contributed by atoms with Gasteiger partial charge in [0, 0.05) is 38.9 Å². The molecule has 0 bridgehead atoms. The number of rotatable bonds is 4. The van der Waals surface area contributed by atoms with E-state index < -0.39 is 0 Å². The molecule has 0 atom stereocenters. The van der Waals surface area contributed by atoms with E-state index in [0.29, 0.717) is 6.42 Å². The van der Waals surface area contributed by atoms with Crippen LogP contribution in [0.3, 0.4) is 0 Å². The fraction of sp³-hybridized carbons (Fsp3) is 0.391. The van der Waals surface area contributed by atoms with Crippen molar-refractivity contribution < 1.29 is 4.79 Å². The highest BCUT2D eigenvalue weighted by atomic mass is 16.2. The first-order chi connectivity index (χ1) is 13.5. The SMILES string of the molecule is Cc1ccc(CC(=O)N2CCN(Cc3c(C)nc4cc(C)ccn34)CC2)cc1. The predicted molar refractivity (Wildman–Crippen MR) is 111 cm³/mol. The summed E-state index contributed by atoms with van der Waals surface area (Å²) in [6, 6.07) is 12.5. The molecule has 1 saturated heterocycles. The molecule has 1 aliphatic rings. The number of hydrogen-bond acceptors (Lipinski definition) is 3. The summed E-state index contributed by atoms with van der Waals surface area (Å²) in [5.74, 6) is 0.227. The molecule has 4 rings (SSSR count). The molecule has 0 unspecified atom stereocenters. The maximum atomic E-state index is 12.6. The topological polar surface area (TPSA) is 40.9 Å². The largest absolute Gasteiger partial charge is 0.340 e. The summed E-state index contributed by atoms with van der Waals surface area (Å²) in [7, 11) is 0. The standard InChI is InChI=1S/C23H28N4O/c1-17-4-6-20(7-5-17)15-23(28)26-12-10-25(11-13-26)16-21-19(3)24-22-14-18(2)8-9-27(21)22/h4-9,14H,10-13,15-16H2,1-3H3. The normalized spacial score (nSPS) is 15.3. The lowest BCUT2D eigenvalue weighted by molar-refractivity contribution is -0.132. The quantitative estimate of drug-likeness (QED) is 0.702. The summed E-state index contributed by atoms with van der Waals surface area (Å²) in [5.41, 5.74) is 6.89. The molecule has 2 aromatic heterocycles. The molecule has 0 saturated carbocycles. The maximum absolute atomic E-state index is 12.6. The van der Waals surface area contributed by atoms with Gasteiger partial charge in [-0.05, 0) is 44.0 Å². The first-order valence-electron chi connectivity index (χ1n) is 9.99. The molecular weight excluding hydrogens is 348 g/mol. The van der Waals surface area contributed by atoms with Gasteiger partial charge in [-0.1, -0.05) is 29.8 Å². The van der Waals surface area contributed by atoms with Crippen molar-refractivity contribution in [3.8, 4) is 0 Å². The van der Waals surface area contributed by atoms with Gasteiger partial charge in [0.2, 0.25) is 5.91 Å². The Morgan fingerprint density at radius 3 is 2.39 bits per heavy atom. The Morgan fingerprint density at radius 1 is 0.964 bits per heavy atom. The molecule has 0 spiro atoms. The lowest BCUT2D eigenvalue weighted by Gasteiger charge is -2.34. The van der Waals surface area contributed by atoms with Crippen molar-refractivity contribution in [2.24, 2.45) is 0 Å². The van der Waals surface area contributed by atoms with Gasteiger partial charge in [0.1, 0.15) is 5.65 Å². The van der Waals surface area contributed by atoms with Crippen molar-refractivity contribution in [1.29, 1.82) is 0 Å². The predicted octanol–water partition coefficient (Wildman–Crippen LogP) is 3.15. The molecule has 1 amide bonds. The van der Waals surface area contributed by atoms with Crippen LogP contribution in [-0.2, 0) is 17.8 Å². The van der Waals surface area contributed by atoms with Crippen molar-refractivity contribution >= 4 is 11.6 Å². The number of fused-ring (bicyclic) bond motifs is 1. The molecular formula is C23H28N4O. The molecule has 3 heterocycles. The molecule has 1 aromatic carbocycles. The number of pyridine rings is 1. The van der Waals surface area contributed by atoms with Crippen molar-refractivity contribution in [2.75, 3.05) is 26.2 Å². The number of piperazine rings is 1. The zero-order valence-corrected chi connectivity index (χ0v) is 17.0. The fourth-order valence-electron chi connectivity index (χ4n) is 3.86. The van der Waals surface area contributed by atoms with E-state index in [9.17, 15) is 4.79 Å². The van der Waals surface area contributed by atoms with E-state index in [1.165, 1.54) is 16.8 Å². The average molecular weight is 377 g/mol. The number of amides is 1. The van der Waals surface area contributed by atoms with E-state index in [1.54, 1.807) is 0 Å². The lowest BCUT2D eigenvalue weighted by Crippen LogP contribution is -2.48. The molecule has 0 N–H and O–H groups in total. The summed E-state index contributed by atoms with van der Waals surface area (Å²) >= 11 is 0. The smallest absolute Gasteiger partial charge is 0.227 e. The third-order valence-electron chi connectivity index (χ3n) is 5.66. The minimum Gasteiger partial charge on any atom is -0.340 e.